The van der Waals surface area contributed by atoms with Crippen molar-refractivity contribution in [2.45, 2.75) is 53.4 Å². The van der Waals surface area contributed by atoms with Gasteiger partial charge in [-0.2, -0.15) is 0 Å². The fourth-order valence-corrected chi connectivity index (χ4v) is 5.29. The lowest BCUT2D eigenvalue weighted by atomic mass is 10.1. The molecule has 2 aromatic rings. The number of para-hydroxylation sites is 1. The number of methoxy groups -OCH3 is 2. The minimum absolute atomic E-state index is 0.0229. The van der Waals surface area contributed by atoms with Gasteiger partial charge in [0.1, 0.15) is 28.6 Å². The van der Waals surface area contributed by atoms with Crippen LogP contribution in [0.15, 0.2) is 65.3 Å². The number of halogens is 1. The van der Waals surface area contributed by atoms with Crippen molar-refractivity contribution in [3.05, 3.63) is 70.8 Å². The summed E-state index contributed by atoms with van der Waals surface area (Å²) in [6.45, 7) is 8.91. The first-order valence-corrected chi connectivity index (χ1v) is 13.4. The minimum Gasteiger partial charge on any atom is -0.506 e. The lowest BCUT2D eigenvalue weighted by Gasteiger charge is -2.24. The Balaban J connectivity index is 1.90. The molecule has 6 nitrogen and oxygen atoms in total. The molecule has 1 amide bonds. The molecule has 0 atom stereocenters. The molecule has 1 heterocycles. The van der Waals surface area contributed by atoms with Gasteiger partial charge in [-0.1, -0.05) is 41.0 Å². The molecule has 1 N–H and O–H groups in total. The molecule has 1 aliphatic heterocycles. The van der Waals surface area contributed by atoms with Gasteiger partial charge in [-0.3, -0.25) is 7.91 Å². The van der Waals surface area contributed by atoms with Gasteiger partial charge in [0, 0.05) is 18.7 Å². The maximum Gasteiger partial charge on any atom is 0.260 e. The summed E-state index contributed by atoms with van der Waals surface area (Å²) in [5, 5.41) is 11.0. The van der Waals surface area contributed by atoms with E-state index in [9.17, 15) is 9.90 Å². The maximum atomic E-state index is 13.9. The molecular formula is C30H37IN2O4. The molecule has 0 spiro atoms. The monoisotopic (exact) mass is 616 g/mol. The van der Waals surface area contributed by atoms with E-state index in [0.717, 1.165) is 25.7 Å². The molecule has 0 aromatic heterocycles. The first kappa shape index (κ1) is 28.6. The van der Waals surface area contributed by atoms with Crippen molar-refractivity contribution in [1.82, 2.24) is 0 Å². The zero-order chi connectivity index (χ0) is 27.1. The Hall–Kier alpha value is -2.94. The lowest BCUT2D eigenvalue weighted by Crippen LogP contribution is -2.30. The van der Waals surface area contributed by atoms with Crippen LogP contribution in [0.25, 0.3) is 0 Å². The second-order valence-corrected chi connectivity index (χ2v) is 10.5. The highest BCUT2D eigenvalue weighted by molar-refractivity contribution is 14.1. The van der Waals surface area contributed by atoms with Crippen LogP contribution in [-0.4, -0.2) is 31.8 Å². The second kappa shape index (κ2) is 13.0. The van der Waals surface area contributed by atoms with Gasteiger partial charge in [0.25, 0.3) is 5.91 Å². The Morgan fingerprint density at radius 2 is 1.62 bits per heavy atom. The maximum absolute atomic E-state index is 13.9. The van der Waals surface area contributed by atoms with Crippen LogP contribution in [0, 0.1) is 0 Å². The van der Waals surface area contributed by atoms with E-state index in [1.807, 2.05) is 12.1 Å². The number of phenolic OH excluding ortho intramolecular Hbond substituents is 1. The topological polar surface area (TPSA) is 62.2 Å². The molecule has 0 unspecified atom stereocenters. The summed E-state index contributed by atoms with van der Waals surface area (Å²) >= 11 is 2.11. The lowest BCUT2D eigenvalue weighted by molar-refractivity contribution is 0.0991. The number of hydrogen-bond acceptors (Lipinski definition) is 5. The number of ether oxygens (including phenoxy) is 2. The van der Waals surface area contributed by atoms with Crippen molar-refractivity contribution >= 4 is 45.8 Å². The molecule has 7 heteroatoms. The summed E-state index contributed by atoms with van der Waals surface area (Å²) in [5.41, 5.74) is 6.16. The number of benzene rings is 2. The van der Waals surface area contributed by atoms with Gasteiger partial charge < -0.3 is 19.5 Å². The summed E-state index contributed by atoms with van der Waals surface area (Å²) < 4.78 is 12.8. The number of amides is 1. The fraction of sp³-hybridized carbons (Fsp3) is 0.367. The molecule has 0 radical (unpaired) electrons. The van der Waals surface area contributed by atoms with E-state index in [-0.39, 0.29) is 11.7 Å². The van der Waals surface area contributed by atoms with Gasteiger partial charge in [-0.05, 0) is 65.5 Å². The largest absolute Gasteiger partial charge is 0.506 e. The van der Waals surface area contributed by atoms with E-state index in [1.54, 1.807) is 40.4 Å². The Bertz CT molecular complexity index is 1230. The molecule has 0 aliphatic carbocycles. The number of phenols is 1. The van der Waals surface area contributed by atoms with Crippen LogP contribution < -0.4 is 17.5 Å². The average Bonchev–Trinajstić information content (AvgIpc) is 2.95. The van der Waals surface area contributed by atoms with Gasteiger partial charge in [-0.15, -0.1) is 0 Å². The second-order valence-electron chi connectivity index (χ2n) is 9.53. The first-order chi connectivity index (χ1) is 17.7. The van der Waals surface area contributed by atoms with Crippen molar-refractivity contribution in [2.75, 3.05) is 28.8 Å². The van der Waals surface area contributed by atoms with E-state index in [4.69, 9.17) is 9.47 Å². The van der Waals surface area contributed by atoms with Crippen LogP contribution in [0.5, 0.6) is 17.2 Å². The highest BCUT2D eigenvalue weighted by Gasteiger charge is 2.34. The molecule has 198 valence electrons. The smallest absolute Gasteiger partial charge is 0.260 e. The van der Waals surface area contributed by atoms with E-state index in [1.165, 1.54) is 16.7 Å². The van der Waals surface area contributed by atoms with Gasteiger partial charge in [0.2, 0.25) is 0 Å². The van der Waals surface area contributed by atoms with E-state index in [2.05, 4.69) is 68.8 Å². The predicted octanol–water partition coefficient (Wildman–Crippen LogP) is 8.28. The quantitative estimate of drug-likeness (QED) is 0.165. The SMILES string of the molecule is COc1cc(O)c2c(c1)N(C/C=C(\C)CC/C=C(\C)CCC=C(C)C)C(=O)c1cccc(OC)c1N2I. The van der Waals surface area contributed by atoms with Gasteiger partial charge >= 0.3 is 0 Å². The van der Waals surface area contributed by atoms with Crippen molar-refractivity contribution in [2.24, 2.45) is 0 Å². The third kappa shape index (κ3) is 6.89. The van der Waals surface area contributed by atoms with Crippen LogP contribution in [0.1, 0.15) is 63.7 Å². The standard InChI is InChI=1S/C30H37IN2O4/c1-20(2)10-7-11-21(3)12-8-13-22(4)16-17-32-25-18-23(36-5)19-26(34)29(25)33(31)28-24(30(32)35)14-9-15-27(28)37-6/h9-10,12,14-16,18-19,34H,7-8,11,13,17H2,1-6H3/b21-12+,22-16+. The predicted molar refractivity (Wildman–Crippen MR) is 161 cm³/mol. The molecule has 37 heavy (non-hydrogen) atoms. The van der Waals surface area contributed by atoms with Crippen LogP contribution in [-0.2, 0) is 0 Å². The van der Waals surface area contributed by atoms with E-state index < -0.39 is 0 Å². The minimum atomic E-state index is -0.166. The molecule has 0 fully saturated rings. The van der Waals surface area contributed by atoms with Crippen molar-refractivity contribution in [1.29, 1.82) is 0 Å². The van der Waals surface area contributed by atoms with Crippen LogP contribution in [0.4, 0.5) is 17.1 Å². The molecule has 1 aliphatic rings. The summed E-state index contributed by atoms with van der Waals surface area (Å²) in [6, 6.07) is 8.76. The summed E-state index contributed by atoms with van der Waals surface area (Å²) in [4.78, 5) is 15.6. The summed E-state index contributed by atoms with van der Waals surface area (Å²) in [6.07, 6.45) is 10.7. The molecule has 0 saturated carbocycles. The fourth-order valence-electron chi connectivity index (χ4n) is 4.30. The highest BCUT2D eigenvalue weighted by atomic mass is 127. The first-order valence-electron chi connectivity index (χ1n) is 12.5. The van der Waals surface area contributed by atoms with Crippen molar-refractivity contribution in [3.8, 4) is 17.2 Å². The Morgan fingerprint density at radius 3 is 2.27 bits per heavy atom. The third-order valence-electron chi connectivity index (χ3n) is 6.40. The molecular weight excluding hydrogens is 579 g/mol. The molecule has 3 rings (SSSR count). The van der Waals surface area contributed by atoms with Crippen molar-refractivity contribution in [3.63, 3.8) is 0 Å². The Kier molecular flexibility index (Phi) is 10.1. The molecule has 2 aromatic carbocycles. The zero-order valence-electron chi connectivity index (χ0n) is 22.6. The normalized spacial score (nSPS) is 13.6. The average molecular weight is 617 g/mol. The Morgan fingerprint density at radius 1 is 0.946 bits per heavy atom. The number of allylic oxidation sites excluding steroid dienone is 5. The summed E-state index contributed by atoms with van der Waals surface area (Å²) in [7, 11) is 3.12. The van der Waals surface area contributed by atoms with Crippen LogP contribution in [0.3, 0.4) is 0 Å². The number of nitrogens with zero attached hydrogens (tertiary/aromatic N) is 2. The number of hydrogen-bond donors (Lipinski definition) is 1. The number of carbonyl (C=O) groups is 1. The van der Waals surface area contributed by atoms with Gasteiger partial charge in [0.15, 0.2) is 0 Å². The molecule has 0 saturated heterocycles. The molecule has 0 bridgehead atoms. The zero-order valence-corrected chi connectivity index (χ0v) is 24.8. The number of anilines is 3. The van der Waals surface area contributed by atoms with Gasteiger partial charge in [-0.25, -0.2) is 0 Å². The third-order valence-corrected chi connectivity index (χ3v) is 7.37. The van der Waals surface area contributed by atoms with E-state index >= 15 is 0 Å². The number of aromatic hydroxyl groups is 1. The Labute approximate surface area is 234 Å². The van der Waals surface area contributed by atoms with E-state index in [0.29, 0.717) is 40.7 Å². The number of fused-ring (bicyclic) bond motifs is 2. The summed E-state index contributed by atoms with van der Waals surface area (Å²) in [5.74, 6) is 0.892. The van der Waals surface area contributed by atoms with Gasteiger partial charge in [0.05, 0.1) is 48.3 Å². The number of carbonyl (C=O) groups excluding carboxylic acids is 1. The highest BCUT2D eigenvalue weighted by Crippen LogP contribution is 2.52. The van der Waals surface area contributed by atoms with Crippen LogP contribution in [0.2, 0.25) is 0 Å². The van der Waals surface area contributed by atoms with Crippen molar-refractivity contribution < 1.29 is 19.4 Å². The van der Waals surface area contributed by atoms with Crippen LogP contribution >= 0.6 is 22.9 Å². The number of rotatable bonds is 10.